The van der Waals surface area contributed by atoms with Gasteiger partial charge in [0, 0.05) is 30.4 Å². The second-order valence-corrected chi connectivity index (χ2v) is 7.13. The number of rotatable bonds is 5. The molecule has 0 aliphatic rings. The summed E-state index contributed by atoms with van der Waals surface area (Å²) in [5, 5.41) is 24.3. The number of anilines is 1. The molecule has 0 fully saturated rings. The van der Waals surface area contributed by atoms with Crippen molar-refractivity contribution >= 4 is 33.7 Å². The zero-order valence-corrected chi connectivity index (χ0v) is 14.8. The Labute approximate surface area is 153 Å². The molecule has 1 unspecified atom stereocenters. The van der Waals surface area contributed by atoms with Crippen LogP contribution in [0.5, 0.6) is 0 Å². The minimum atomic E-state index is -5.09. The number of hydrogen-bond donors (Lipinski definition) is 2. The topological polar surface area (TPSA) is 92.9 Å². The van der Waals surface area contributed by atoms with Crippen LogP contribution in [0.2, 0.25) is 0 Å². The van der Waals surface area contributed by atoms with Crippen LogP contribution in [0.1, 0.15) is 12.2 Å². The predicted molar refractivity (Wildman–Crippen MR) is 89.6 cm³/mol. The van der Waals surface area contributed by atoms with Crippen molar-refractivity contribution < 1.29 is 23.1 Å². The summed E-state index contributed by atoms with van der Waals surface area (Å²) in [5.41, 5.74) is -2.62. The van der Waals surface area contributed by atoms with E-state index in [1.807, 2.05) is 10.8 Å². The molecule has 0 aliphatic heterocycles. The molecule has 0 spiro atoms. The zero-order chi connectivity index (χ0) is 18.9. The normalized spacial score (nSPS) is 14.2. The van der Waals surface area contributed by atoms with Crippen molar-refractivity contribution in [3.05, 3.63) is 35.0 Å². The highest BCUT2D eigenvalue weighted by atomic mass is 32.1. The van der Waals surface area contributed by atoms with Gasteiger partial charge >= 0.3 is 6.18 Å². The number of nitrogens with zero attached hydrogens (tertiary/aromatic N) is 4. The first-order chi connectivity index (χ1) is 12.2. The molecule has 3 heterocycles. The van der Waals surface area contributed by atoms with E-state index in [1.165, 1.54) is 24.6 Å². The van der Waals surface area contributed by atoms with E-state index in [4.69, 9.17) is 0 Å². The van der Waals surface area contributed by atoms with Crippen LogP contribution in [-0.2, 0) is 17.4 Å². The van der Waals surface area contributed by atoms with Crippen molar-refractivity contribution in [1.82, 2.24) is 19.7 Å². The highest BCUT2D eigenvalue weighted by molar-refractivity contribution is 7.19. The van der Waals surface area contributed by atoms with Gasteiger partial charge in [-0.3, -0.25) is 4.79 Å². The van der Waals surface area contributed by atoms with Crippen LogP contribution in [0.4, 0.5) is 18.3 Å². The number of amides is 1. The van der Waals surface area contributed by atoms with E-state index >= 15 is 0 Å². The van der Waals surface area contributed by atoms with Gasteiger partial charge in [-0.25, -0.2) is 4.98 Å². The average molecular weight is 403 g/mol. The number of aryl methyl sites for hydroxylation is 1. The van der Waals surface area contributed by atoms with Gasteiger partial charge in [-0.2, -0.15) is 24.5 Å². The SMILES string of the molecule is Cn1ccnc1C(O)(CC(=O)Nc1nnc(-c2ccsc2)s1)C(F)(F)F. The Bertz CT molecular complexity index is 906. The molecule has 138 valence electrons. The number of thiophene rings is 1. The molecule has 2 N–H and O–H groups in total. The quantitative estimate of drug-likeness (QED) is 0.683. The van der Waals surface area contributed by atoms with E-state index < -0.39 is 29.9 Å². The maximum absolute atomic E-state index is 13.4. The molecule has 0 bridgehead atoms. The van der Waals surface area contributed by atoms with Crippen molar-refractivity contribution in [3.8, 4) is 10.6 Å². The Morgan fingerprint density at radius 2 is 2.15 bits per heavy atom. The number of imidazole rings is 1. The van der Waals surface area contributed by atoms with Crippen LogP contribution in [0, 0.1) is 0 Å². The predicted octanol–water partition coefficient (Wildman–Crippen LogP) is 2.78. The Morgan fingerprint density at radius 3 is 2.73 bits per heavy atom. The number of carbonyl (C=O) groups is 1. The minimum Gasteiger partial charge on any atom is -0.374 e. The number of carbonyl (C=O) groups excluding carboxylic acids is 1. The summed E-state index contributed by atoms with van der Waals surface area (Å²) in [4.78, 5) is 15.7. The number of aromatic nitrogens is 4. The summed E-state index contributed by atoms with van der Waals surface area (Å²) in [5.74, 6) is -1.72. The molecule has 0 aromatic carbocycles. The van der Waals surface area contributed by atoms with Crippen molar-refractivity contribution in [2.24, 2.45) is 7.05 Å². The lowest BCUT2D eigenvalue weighted by atomic mass is 9.97. The molecule has 0 saturated heterocycles. The second kappa shape index (κ2) is 6.78. The van der Waals surface area contributed by atoms with Crippen molar-refractivity contribution in [3.63, 3.8) is 0 Å². The smallest absolute Gasteiger partial charge is 0.374 e. The molecule has 1 atom stereocenters. The zero-order valence-electron chi connectivity index (χ0n) is 13.2. The molecule has 0 saturated carbocycles. The Hall–Kier alpha value is -2.31. The number of nitrogens with one attached hydrogen (secondary N) is 1. The van der Waals surface area contributed by atoms with Crippen LogP contribution in [0.15, 0.2) is 29.2 Å². The Morgan fingerprint density at radius 1 is 1.38 bits per heavy atom. The molecular formula is C14H12F3N5O2S2. The highest BCUT2D eigenvalue weighted by Crippen LogP contribution is 2.41. The van der Waals surface area contributed by atoms with E-state index in [9.17, 15) is 23.1 Å². The summed E-state index contributed by atoms with van der Waals surface area (Å²) in [6.07, 6.45) is -3.98. The first-order valence-corrected chi connectivity index (χ1v) is 8.89. The first kappa shape index (κ1) is 18.5. The van der Waals surface area contributed by atoms with Crippen LogP contribution >= 0.6 is 22.7 Å². The second-order valence-electron chi connectivity index (χ2n) is 5.37. The maximum atomic E-state index is 13.4. The molecule has 3 aromatic heterocycles. The van der Waals surface area contributed by atoms with Crippen molar-refractivity contribution in [2.45, 2.75) is 18.2 Å². The highest BCUT2D eigenvalue weighted by Gasteiger charge is 2.58. The van der Waals surface area contributed by atoms with Gasteiger partial charge in [0.2, 0.25) is 16.6 Å². The Kier molecular flexibility index (Phi) is 4.82. The van der Waals surface area contributed by atoms with E-state index in [1.54, 1.807) is 6.07 Å². The minimum absolute atomic E-state index is 0.0422. The van der Waals surface area contributed by atoms with Gasteiger partial charge in [-0.1, -0.05) is 11.3 Å². The Balaban J connectivity index is 1.78. The van der Waals surface area contributed by atoms with Gasteiger partial charge in [0.15, 0.2) is 5.82 Å². The summed E-state index contributed by atoms with van der Waals surface area (Å²) in [6.45, 7) is 0. The molecule has 3 aromatic rings. The standard InChI is InChI=1S/C14H12F3N5O2S2/c1-22-4-3-18-11(22)13(24,14(15,16)17)6-9(23)19-12-21-20-10(26-12)8-2-5-25-7-8/h2-5,7,24H,6H2,1H3,(H,19,21,23). The van der Waals surface area contributed by atoms with Gasteiger partial charge in [0.25, 0.3) is 0 Å². The van der Waals surface area contributed by atoms with Crippen LogP contribution in [0.3, 0.4) is 0 Å². The fourth-order valence-corrected chi connectivity index (χ4v) is 3.71. The molecule has 12 heteroatoms. The summed E-state index contributed by atoms with van der Waals surface area (Å²) in [6, 6.07) is 1.81. The molecule has 1 amide bonds. The summed E-state index contributed by atoms with van der Waals surface area (Å²) >= 11 is 2.47. The molecule has 26 heavy (non-hydrogen) atoms. The molecule has 7 nitrogen and oxygen atoms in total. The third-order valence-corrected chi connectivity index (χ3v) is 5.09. The fraction of sp³-hybridized carbons (Fsp3) is 0.286. The van der Waals surface area contributed by atoms with Gasteiger partial charge in [0.1, 0.15) is 5.01 Å². The van der Waals surface area contributed by atoms with Gasteiger partial charge < -0.3 is 15.0 Å². The van der Waals surface area contributed by atoms with Crippen molar-refractivity contribution in [1.29, 1.82) is 0 Å². The lowest BCUT2D eigenvalue weighted by Gasteiger charge is -2.29. The fourth-order valence-electron chi connectivity index (χ4n) is 2.24. The number of hydrogen-bond acceptors (Lipinski definition) is 7. The lowest BCUT2D eigenvalue weighted by molar-refractivity contribution is -0.270. The van der Waals surface area contributed by atoms with Crippen LogP contribution in [0.25, 0.3) is 10.6 Å². The molecular weight excluding hydrogens is 391 g/mol. The molecule has 0 aliphatic carbocycles. The third kappa shape index (κ3) is 3.48. The maximum Gasteiger partial charge on any atom is 0.425 e. The third-order valence-electron chi connectivity index (χ3n) is 3.52. The van der Waals surface area contributed by atoms with E-state index in [2.05, 4.69) is 20.5 Å². The van der Waals surface area contributed by atoms with E-state index in [-0.39, 0.29) is 5.13 Å². The monoisotopic (exact) mass is 403 g/mol. The lowest BCUT2D eigenvalue weighted by Crippen LogP contribution is -2.46. The summed E-state index contributed by atoms with van der Waals surface area (Å²) < 4.78 is 41.3. The van der Waals surface area contributed by atoms with Crippen LogP contribution in [-0.4, -0.2) is 36.9 Å². The number of halogens is 3. The molecule has 3 rings (SSSR count). The van der Waals surface area contributed by atoms with Crippen LogP contribution < -0.4 is 5.32 Å². The first-order valence-electron chi connectivity index (χ1n) is 7.13. The van der Waals surface area contributed by atoms with E-state index in [0.29, 0.717) is 5.01 Å². The number of aliphatic hydroxyl groups is 1. The van der Waals surface area contributed by atoms with Crippen molar-refractivity contribution in [2.75, 3.05) is 5.32 Å². The van der Waals surface area contributed by atoms with Gasteiger partial charge in [-0.15, -0.1) is 10.2 Å². The largest absolute Gasteiger partial charge is 0.425 e. The van der Waals surface area contributed by atoms with Gasteiger partial charge in [0.05, 0.1) is 6.42 Å². The van der Waals surface area contributed by atoms with E-state index in [0.717, 1.165) is 27.7 Å². The average Bonchev–Trinajstić information content (AvgIpc) is 3.25. The molecule has 0 radical (unpaired) electrons. The number of alkyl halides is 3. The summed E-state index contributed by atoms with van der Waals surface area (Å²) in [7, 11) is 1.30. The van der Waals surface area contributed by atoms with Gasteiger partial charge in [-0.05, 0) is 11.4 Å².